The summed E-state index contributed by atoms with van der Waals surface area (Å²) in [5.74, 6) is 0.757. The Balaban J connectivity index is 2.01. The predicted molar refractivity (Wildman–Crippen MR) is 83.5 cm³/mol. The number of aryl methyl sites for hydroxylation is 4. The van der Waals surface area contributed by atoms with Crippen LogP contribution in [0.15, 0.2) is 18.2 Å². The molecule has 1 aromatic heterocycles. The molecule has 2 aromatic rings. The molecule has 4 N–H and O–H groups in total. The molecule has 0 saturated heterocycles. The first-order valence-corrected chi connectivity index (χ1v) is 6.92. The van der Waals surface area contributed by atoms with Crippen molar-refractivity contribution in [3.63, 3.8) is 0 Å². The van der Waals surface area contributed by atoms with Crippen LogP contribution in [0.25, 0.3) is 0 Å². The standard InChI is InChI=1S/C16H22N4/c1-10-7-8-13(9-11(10)2)5-4-6-14-12(3)19-16(18)20-15(14)17/h7-9H,4-6H2,1-3H3,(H4,17,18,19,20). The summed E-state index contributed by atoms with van der Waals surface area (Å²) in [6, 6.07) is 6.62. The molecule has 0 atom stereocenters. The molecule has 2 rings (SSSR count). The van der Waals surface area contributed by atoms with Crippen molar-refractivity contribution in [3.05, 3.63) is 46.1 Å². The molecule has 0 radical (unpaired) electrons. The maximum absolute atomic E-state index is 5.91. The lowest BCUT2D eigenvalue weighted by Gasteiger charge is -2.09. The van der Waals surface area contributed by atoms with Gasteiger partial charge < -0.3 is 11.5 Å². The van der Waals surface area contributed by atoms with Crippen molar-refractivity contribution in [2.24, 2.45) is 0 Å². The number of benzene rings is 1. The number of hydrogen-bond donors (Lipinski definition) is 2. The molecule has 0 amide bonds. The molecule has 4 nitrogen and oxygen atoms in total. The quantitative estimate of drug-likeness (QED) is 0.895. The highest BCUT2D eigenvalue weighted by Gasteiger charge is 2.07. The third kappa shape index (κ3) is 3.26. The van der Waals surface area contributed by atoms with E-state index in [0.717, 1.165) is 30.5 Å². The second-order valence-corrected chi connectivity index (χ2v) is 5.30. The molecule has 0 saturated carbocycles. The molecule has 0 aliphatic heterocycles. The van der Waals surface area contributed by atoms with Crippen LogP contribution in [0.2, 0.25) is 0 Å². The highest BCUT2D eigenvalue weighted by molar-refractivity contribution is 5.45. The summed E-state index contributed by atoms with van der Waals surface area (Å²) in [7, 11) is 0. The summed E-state index contributed by atoms with van der Waals surface area (Å²) in [6.07, 6.45) is 2.94. The monoisotopic (exact) mass is 270 g/mol. The van der Waals surface area contributed by atoms with Crippen LogP contribution in [0.5, 0.6) is 0 Å². The van der Waals surface area contributed by atoms with Gasteiger partial charge in [0.2, 0.25) is 5.95 Å². The Kier molecular flexibility index (Phi) is 4.23. The van der Waals surface area contributed by atoms with Crippen LogP contribution in [-0.2, 0) is 12.8 Å². The second-order valence-electron chi connectivity index (χ2n) is 5.30. The molecule has 0 unspecified atom stereocenters. The van der Waals surface area contributed by atoms with Gasteiger partial charge in [0.05, 0.1) is 0 Å². The molecule has 1 aromatic carbocycles. The van der Waals surface area contributed by atoms with Crippen molar-refractivity contribution >= 4 is 11.8 Å². The maximum atomic E-state index is 5.91. The zero-order valence-corrected chi connectivity index (χ0v) is 12.4. The van der Waals surface area contributed by atoms with Crippen LogP contribution in [0.4, 0.5) is 11.8 Å². The SMILES string of the molecule is Cc1ccc(CCCc2c(C)nc(N)nc2N)cc1C. The average Bonchev–Trinajstić information content (AvgIpc) is 2.36. The molecular weight excluding hydrogens is 248 g/mol. The van der Waals surface area contributed by atoms with Gasteiger partial charge in [-0.05, 0) is 56.7 Å². The van der Waals surface area contributed by atoms with Crippen LogP contribution in [-0.4, -0.2) is 9.97 Å². The van der Waals surface area contributed by atoms with Gasteiger partial charge in [0.25, 0.3) is 0 Å². The molecule has 4 heteroatoms. The van der Waals surface area contributed by atoms with E-state index in [2.05, 4.69) is 42.0 Å². The normalized spacial score (nSPS) is 10.8. The fourth-order valence-corrected chi connectivity index (χ4v) is 2.38. The Morgan fingerprint density at radius 3 is 2.35 bits per heavy atom. The van der Waals surface area contributed by atoms with Gasteiger partial charge in [0.15, 0.2) is 0 Å². The number of nitrogens with zero attached hydrogens (tertiary/aromatic N) is 2. The maximum Gasteiger partial charge on any atom is 0.222 e. The highest BCUT2D eigenvalue weighted by Crippen LogP contribution is 2.18. The first kappa shape index (κ1) is 14.3. The fraction of sp³-hybridized carbons (Fsp3) is 0.375. The van der Waals surface area contributed by atoms with Crippen LogP contribution >= 0.6 is 0 Å². The number of hydrogen-bond acceptors (Lipinski definition) is 4. The number of rotatable bonds is 4. The van der Waals surface area contributed by atoms with Crippen molar-refractivity contribution in [3.8, 4) is 0 Å². The lowest BCUT2D eigenvalue weighted by Crippen LogP contribution is -2.07. The Morgan fingerprint density at radius 2 is 1.70 bits per heavy atom. The summed E-state index contributed by atoms with van der Waals surface area (Å²) in [4.78, 5) is 8.20. The molecule has 0 aliphatic rings. The van der Waals surface area contributed by atoms with E-state index in [9.17, 15) is 0 Å². The zero-order valence-electron chi connectivity index (χ0n) is 12.4. The summed E-state index contributed by atoms with van der Waals surface area (Å²) in [5.41, 5.74) is 17.4. The largest absolute Gasteiger partial charge is 0.383 e. The number of nitrogens with two attached hydrogens (primary N) is 2. The first-order valence-electron chi connectivity index (χ1n) is 6.92. The van der Waals surface area contributed by atoms with Gasteiger partial charge in [-0.15, -0.1) is 0 Å². The van der Waals surface area contributed by atoms with Gasteiger partial charge in [0, 0.05) is 11.3 Å². The fourth-order valence-electron chi connectivity index (χ4n) is 2.38. The molecule has 0 aliphatic carbocycles. The van der Waals surface area contributed by atoms with E-state index in [1.807, 2.05) is 6.92 Å². The summed E-state index contributed by atoms with van der Waals surface area (Å²) in [5, 5.41) is 0. The minimum absolute atomic E-state index is 0.248. The molecular formula is C16H22N4. The Hall–Kier alpha value is -2.10. The van der Waals surface area contributed by atoms with Crippen molar-refractivity contribution in [1.82, 2.24) is 9.97 Å². The topological polar surface area (TPSA) is 77.8 Å². The Bertz CT molecular complexity index is 597. The lowest BCUT2D eigenvalue weighted by molar-refractivity contribution is 0.806. The van der Waals surface area contributed by atoms with E-state index in [-0.39, 0.29) is 5.95 Å². The second kappa shape index (κ2) is 5.90. The molecule has 0 fully saturated rings. The number of nitrogen functional groups attached to an aromatic ring is 2. The van der Waals surface area contributed by atoms with Gasteiger partial charge in [-0.2, -0.15) is 4.98 Å². The molecule has 20 heavy (non-hydrogen) atoms. The van der Waals surface area contributed by atoms with E-state index in [0.29, 0.717) is 5.82 Å². The van der Waals surface area contributed by atoms with Gasteiger partial charge in [-0.1, -0.05) is 18.2 Å². The van der Waals surface area contributed by atoms with E-state index in [1.54, 1.807) is 0 Å². The van der Waals surface area contributed by atoms with E-state index in [1.165, 1.54) is 16.7 Å². The minimum Gasteiger partial charge on any atom is -0.383 e. The molecule has 1 heterocycles. The molecule has 0 bridgehead atoms. The van der Waals surface area contributed by atoms with Crippen LogP contribution in [0.3, 0.4) is 0 Å². The van der Waals surface area contributed by atoms with Crippen molar-refractivity contribution in [2.45, 2.75) is 40.0 Å². The van der Waals surface area contributed by atoms with Crippen LogP contribution in [0.1, 0.15) is 34.4 Å². The van der Waals surface area contributed by atoms with Gasteiger partial charge >= 0.3 is 0 Å². The number of anilines is 2. The smallest absolute Gasteiger partial charge is 0.222 e. The Labute approximate surface area is 120 Å². The van der Waals surface area contributed by atoms with E-state index >= 15 is 0 Å². The third-order valence-corrected chi connectivity index (χ3v) is 3.73. The van der Waals surface area contributed by atoms with Crippen LogP contribution < -0.4 is 11.5 Å². The molecule has 0 spiro atoms. The van der Waals surface area contributed by atoms with Crippen molar-refractivity contribution in [2.75, 3.05) is 11.5 Å². The molecule has 106 valence electrons. The summed E-state index contributed by atoms with van der Waals surface area (Å²) >= 11 is 0. The predicted octanol–water partition coefficient (Wildman–Crippen LogP) is 2.74. The van der Waals surface area contributed by atoms with Crippen molar-refractivity contribution < 1.29 is 0 Å². The third-order valence-electron chi connectivity index (χ3n) is 3.73. The highest BCUT2D eigenvalue weighted by atomic mass is 15.0. The van der Waals surface area contributed by atoms with E-state index < -0.39 is 0 Å². The summed E-state index contributed by atoms with van der Waals surface area (Å²) in [6.45, 7) is 6.21. The number of aromatic nitrogens is 2. The zero-order chi connectivity index (χ0) is 14.7. The van der Waals surface area contributed by atoms with E-state index in [4.69, 9.17) is 11.5 Å². The lowest BCUT2D eigenvalue weighted by atomic mass is 10.0. The average molecular weight is 270 g/mol. The summed E-state index contributed by atoms with van der Waals surface area (Å²) < 4.78 is 0. The van der Waals surface area contributed by atoms with Gasteiger partial charge in [-0.3, -0.25) is 0 Å². The van der Waals surface area contributed by atoms with Crippen LogP contribution in [0, 0.1) is 20.8 Å². The first-order chi connectivity index (χ1) is 9.47. The van der Waals surface area contributed by atoms with Gasteiger partial charge in [-0.25, -0.2) is 4.98 Å². The minimum atomic E-state index is 0.248. The van der Waals surface area contributed by atoms with Crippen molar-refractivity contribution in [1.29, 1.82) is 0 Å². The Morgan fingerprint density at radius 1 is 0.950 bits per heavy atom. The van der Waals surface area contributed by atoms with Gasteiger partial charge in [0.1, 0.15) is 5.82 Å².